The standard InChI is InChI=1S/C10H14N2O2/c1-12-4-5-13-10-3-2-8(7-14-11)6-9(10)12/h2-3,6H,4-5,7,11H2,1H3. The van der Waals surface area contributed by atoms with Gasteiger partial charge in [-0.3, -0.25) is 4.84 Å². The monoisotopic (exact) mass is 194 g/mol. The van der Waals surface area contributed by atoms with E-state index in [1.54, 1.807) is 0 Å². The summed E-state index contributed by atoms with van der Waals surface area (Å²) in [6, 6.07) is 5.96. The Balaban J connectivity index is 2.31. The van der Waals surface area contributed by atoms with Crippen LogP contribution >= 0.6 is 0 Å². The Morgan fingerprint density at radius 3 is 3.21 bits per heavy atom. The number of likely N-dealkylation sites (N-methyl/N-ethyl adjacent to an activating group) is 1. The molecule has 1 aromatic carbocycles. The number of anilines is 1. The third-order valence-electron chi connectivity index (χ3n) is 2.37. The van der Waals surface area contributed by atoms with Gasteiger partial charge in [0.1, 0.15) is 12.4 Å². The molecule has 1 aromatic rings. The van der Waals surface area contributed by atoms with Crippen molar-refractivity contribution in [2.75, 3.05) is 25.1 Å². The topological polar surface area (TPSA) is 47.7 Å². The smallest absolute Gasteiger partial charge is 0.142 e. The lowest BCUT2D eigenvalue weighted by Crippen LogP contribution is -2.28. The van der Waals surface area contributed by atoms with Crippen LogP contribution < -0.4 is 15.5 Å². The summed E-state index contributed by atoms with van der Waals surface area (Å²) in [5.74, 6) is 5.96. The van der Waals surface area contributed by atoms with Crippen LogP contribution in [-0.4, -0.2) is 20.2 Å². The molecule has 0 fully saturated rings. The first-order chi connectivity index (χ1) is 6.81. The van der Waals surface area contributed by atoms with Crippen LogP contribution in [0.2, 0.25) is 0 Å². The minimum absolute atomic E-state index is 0.432. The molecule has 2 N–H and O–H groups in total. The lowest BCUT2D eigenvalue weighted by molar-refractivity contribution is 0.124. The molecule has 14 heavy (non-hydrogen) atoms. The van der Waals surface area contributed by atoms with Gasteiger partial charge in [-0.1, -0.05) is 6.07 Å². The molecule has 0 radical (unpaired) electrons. The van der Waals surface area contributed by atoms with Crippen LogP contribution in [-0.2, 0) is 11.4 Å². The highest BCUT2D eigenvalue weighted by Crippen LogP contribution is 2.31. The molecule has 0 aliphatic carbocycles. The summed E-state index contributed by atoms with van der Waals surface area (Å²) in [5.41, 5.74) is 2.16. The Kier molecular flexibility index (Phi) is 2.56. The first kappa shape index (κ1) is 9.30. The zero-order valence-electron chi connectivity index (χ0n) is 8.19. The summed E-state index contributed by atoms with van der Waals surface area (Å²) >= 11 is 0. The molecule has 1 aliphatic heterocycles. The van der Waals surface area contributed by atoms with Gasteiger partial charge < -0.3 is 9.64 Å². The van der Waals surface area contributed by atoms with Crippen molar-refractivity contribution in [3.05, 3.63) is 23.8 Å². The van der Waals surface area contributed by atoms with Crippen LogP contribution in [0.5, 0.6) is 5.75 Å². The van der Waals surface area contributed by atoms with Gasteiger partial charge in [-0.15, -0.1) is 0 Å². The maximum Gasteiger partial charge on any atom is 0.142 e. The van der Waals surface area contributed by atoms with Gasteiger partial charge in [0, 0.05) is 7.05 Å². The molecular formula is C10H14N2O2. The van der Waals surface area contributed by atoms with E-state index in [9.17, 15) is 0 Å². The first-order valence-corrected chi connectivity index (χ1v) is 4.60. The highest BCUT2D eigenvalue weighted by molar-refractivity contribution is 5.60. The van der Waals surface area contributed by atoms with Crippen molar-refractivity contribution in [1.29, 1.82) is 0 Å². The Hall–Kier alpha value is -1.26. The van der Waals surface area contributed by atoms with Gasteiger partial charge in [0.2, 0.25) is 0 Å². The summed E-state index contributed by atoms with van der Waals surface area (Å²) in [7, 11) is 2.05. The lowest BCUT2D eigenvalue weighted by atomic mass is 10.1. The highest BCUT2D eigenvalue weighted by Gasteiger charge is 2.14. The second kappa shape index (κ2) is 3.86. The SMILES string of the molecule is CN1CCOc2ccc(CON)cc21. The van der Waals surface area contributed by atoms with E-state index in [1.807, 2.05) is 18.2 Å². The van der Waals surface area contributed by atoms with Crippen LogP contribution in [0.15, 0.2) is 18.2 Å². The second-order valence-electron chi connectivity index (χ2n) is 3.38. The van der Waals surface area contributed by atoms with Gasteiger partial charge in [-0.25, -0.2) is 5.90 Å². The largest absolute Gasteiger partial charge is 0.490 e. The number of benzene rings is 1. The van der Waals surface area contributed by atoms with Crippen LogP contribution in [0.1, 0.15) is 5.56 Å². The van der Waals surface area contributed by atoms with E-state index in [0.717, 1.165) is 30.2 Å². The Bertz CT molecular complexity index is 328. The Morgan fingerprint density at radius 1 is 1.57 bits per heavy atom. The van der Waals surface area contributed by atoms with Crippen molar-refractivity contribution in [2.24, 2.45) is 5.90 Å². The Labute approximate surface area is 83.2 Å². The summed E-state index contributed by atoms with van der Waals surface area (Å²) in [6.07, 6.45) is 0. The van der Waals surface area contributed by atoms with Gasteiger partial charge >= 0.3 is 0 Å². The molecular weight excluding hydrogens is 180 g/mol. The van der Waals surface area contributed by atoms with Gasteiger partial charge in [0.25, 0.3) is 0 Å². The molecule has 0 amide bonds. The van der Waals surface area contributed by atoms with Crippen LogP contribution in [0.25, 0.3) is 0 Å². The molecule has 0 saturated heterocycles. The van der Waals surface area contributed by atoms with Crippen LogP contribution in [0, 0.1) is 0 Å². The summed E-state index contributed by atoms with van der Waals surface area (Å²) in [4.78, 5) is 6.76. The molecule has 4 nitrogen and oxygen atoms in total. The highest BCUT2D eigenvalue weighted by atomic mass is 16.6. The fourth-order valence-electron chi connectivity index (χ4n) is 1.58. The molecule has 0 aromatic heterocycles. The molecule has 1 aliphatic rings. The number of ether oxygens (including phenoxy) is 1. The van der Waals surface area contributed by atoms with Crippen molar-refractivity contribution < 1.29 is 9.57 Å². The van der Waals surface area contributed by atoms with Gasteiger partial charge in [0.15, 0.2) is 0 Å². The van der Waals surface area contributed by atoms with E-state index in [-0.39, 0.29) is 0 Å². The number of fused-ring (bicyclic) bond motifs is 1. The van der Waals surface area contributed by atoms with Crippen LogP contribution in [0.4, 0.5) is 5.69 Å². The Morgan fingerprint density at radius 2 is 2.43 bits per heavy atom. The normalized spacial score (nSPS) is 14.9. The zero-order chi connectivity index (χ0) is 9.97. The molecule has 2 rings (SSSR count). The molecule has 1 heterocycles. The minimum Gasteiger partial charge on any atom is -0.490 e. The average Bonchev–Trinajstić information content (AvgIpc) is 2.20. The second-order valence-corrected chi connectivity index (χ2v) is 3.38. The van der Waals surface area contributed by atoms with E-state index in [2.05, 4.69) is 16.8 Å². The maximum absolute atomic E-state index is 5.51. The maximum atomic E-state index is 5.51. The summed E-state index contributed by atoms with van der Waals surface area (Å²) < 4.78 is 5.51. The quantitative estimate of drug-likeness (QED) is 0.711. The molecule has 0 saturated carbocycles. The third-order valence-corrected chi connectivity index (χ3v) is 2.37. The van der Waals surface area contributed by atoms with Gasteiger partial charge in [-0.05, 0) is 17.7 Å². The lowest BCUT2D eigenvalue weighted by Gasteiger charge is -2.28. The number of rotatable bonds is 2. The minimum atomic E-state index is 0.432. The number of nitrogens with zero attached hydrogens (tertiary/aromatic N) is 1. The van der Waals surface area contributed by atoms with E-state index in [4.69, 9.17) is 10.6 Å². The van der Waals surface area contributed by atoms with E-state index >= 15 is 0 Å². The molecule has 0 spiro atoms. The predicted octanol–water partition coefficient (Wildman–Crippen LogP) is 0.905. The summed E-state index contributed by atoms with van der Waals surface area (Å²) in [6.45, 7) is 2.09. The summed E-state index contributed by atoms with van der Waals surface area (Å²) in [5, 5.41) is 0. The van der Waals surface area contributed by atoms with E-state index < -0.39 is 0 Å². The first-order valence-electron chi connectivity index (χ1n) is 4.60. The predicted molar refractivity (Wildman–Crippen MR) is 54.2 cm³/mol. The van der Waals surface area contributed by atoms with E-state index in [1.165, 1.54) is 0 Å². The molecule has 0 unspecified atom stereocenters. The fraction of sp³-hybridized carbons (Fsp3) is 0.400. The van der Waals surface area contributed by atoms with Crippen molar-refractivity contribution in [2.45, 2.75) is 6.61 Å². The molecule has 0 bridgehead atoms. The molecule has 76 valence electrons. The molecule has 4 heteroatoms. The molecule has 0 atom stereocenters. The average molecular weight is 194 g/mol. The fourth-order valence-corrected chi connectivity index (χ4v) is 1.58. The number of hydrogen-bond acceptors (Lipinski definition) is 4. The third kappa shape index (κ3) is 1.66. The van der Waals surface area contributed by atoms with Crippen molar-refractivity contribution in [3.8, 4) is 5.75 Å². The van der Waals surface area contributed by atoms with Crippen LogP contribution in [0.3, 0.4) is 0 Å². The zero-order valence-corrected chi connectivity index (χ0v) is 8.19. The van der Waals surface area contributed by atoms with E-state index in [0.29, 0.717) is 6.61 Å². The van der Waals surface area contributed by atoms with Gasteiger partial charge in [-0.2, -0.15) is 0 Å². The van der Waals surface area contributed by atoms with Crippen molar-refractivity contribution in [1.82, 2.24) is 0 Å². The number of nitrogens with two attached hydrogens (primary N) is 1. The van der Waals surface area contributed by atoms with Crippen molar-refractivity contribution >= 4 is 5.69 Å². The van der Waals surface area contributed by atoms with Gasteiger partial charge in [0.05, 0.1) is 18.8 Å². The van der Waals surface area contributed by atoms with Crippen molar-refractivity contribution in [3.63, 3.8) is 0 Å². The number of hydrogen-bond donors (Lipinski definition) is 1.